The van der Waals surface area contributed by atoms with Crippen LogP contribution < -0.4 is 29.6 Å². The zero-order chi connectivity index (χ0) is 77.7. The standard InChI is InChI=1S/C29H28FNO4.C27H24FNO4.C19H14FNO.C10H16O4.C2H6O.Na.H/c1-29(2,3)35-26(34)17-22(33)16-21(32)14-15-24-27(18-10-12-20(30)13-11-18)23-6-4-5-7-25(23)31-28(24)19-8-9-19;1-2-33-25(32)16-21(31)15-20(30)13-14-23-26(17-9-11-19(28)12-10-17)22-5-3-4-6-24(22)29-27(23)18-7-8-18;20-14-9-7-12(8-10-14)18-15-3-1-2-4-17(15)21-19(13-5-6-13)16(18)11-22;1-7(11)5-8(12)6-9(13)14-10(2,3)4;1-2-3;;/h4-7,10-15,19H,8-9,16-17H2,1-3H3;3-6,9-14,18H,2,7-8,15-16H2,1H3;1-4,7-11,13H,5-6H2;5-6H2,1-4H3;3H,2H2,1H3;;/q;;;;;+1;-1/b15-14+;14-13+;;;;;. The number of allylic oxidation sites excluding steroid dienone is 2. The molecule has 9 aromatic rings. The predicted octanol–water partition coefficient (Wildman–Crippen LogP) is 14.7. The number of carbonyl (C=O) groups excluding carboxylic acids is 10. The van der Waals surface area contributed by atoms with Crippen LogP contribution in [-0.4, -0.2) is 103 Å². The Kier molecular flexibility index (Phi) is 31.3. The van der Waals surface area contributed by atoms with Crippen LogP contribution in [0.2, 0.25) is 0 Å². The summed E-state index contributed by atoms with van der Waals surface area (Å²) in [5.41, 5.74) is 11.3. The van der Waals surface area contributed by atoms with Gasteiger partial charge in [0.2, 0.25) is 0 Å². The molecule has 0 bridgehead atoms. The number of benzene rings is 6. The number of nitrogens with zero attached hydrogens (tertiary/aromatic N) is 3. The summed E-state index contributed by atoms with van der Waals surface area (Å²) in [6, 6.07) is 42.1. The van der Waals surface area contributed by atoms with Crippen molar-refractivity contribution in [1.29, 1.82) is 0 Å². The van der Waals surface area contributed by atoms with Gasteiger partial charge < -0.3 is 20.7 Å². The number of halogens is 3. The Morgan fingerprint density at radius 2 is 0.731 bits per heavy atom. The fourth-order valence-electron chi connectivity index (χ4n) is 11.8. The van der Waals surface area contributed by atoms with Crippen LogP contribution in [0.25, 0.3) is 78.2 Å². The number of aromatic nitrogens is 3. The van der Waals surface area contributed by atoms with E-state index in [9.17, 15) is 61.1 Å². The molecule has 3 heterocycles. The van der Waals surface area contributed by atoms with Crippen LogP contribution in [0.4, 0.5) is 13.2 Å². The summed E-state index contributed by atoms with van der Waals surface area (Å²) in [5, 5.41) is 10.3. The van der Waals surface area contributed by atoms with Crippen molar-refractivity contribution in [2.45, 2.75) is 168 Å². The second kappa shape index (κ2) is 39.6. The largest absolute Gasteiger partial charge is 1.00 e. The Labute approximate surface area is 650 Å². The second-order valence-corrected chi connectivity index (χ2v) is 28.1. The third kappa shape index (κ3) is 25.8. The van der Waals surface area contributed by atoms with E-state index in [1.54, 1.807) is 104 Å². The number of hydrogen-bond donors (Lipinski definition) is 1. The Morgan fingerprint density at radius 1 is 0.444 bits per heavy atom. The molecule has 0 aliphatic heterocycles. The predicted molar refractivity (Wildman–Crippen MR) is 406 cm³/mol. The van der Waals surface area contributed by atoms with E-state index in [-0.39, 0.29) is 93.1 Å². The molecule has 3 saturated carbocycles. The zero-order valence-corrected chi connectivity index (χ0v) is 64.6. The number of esters is 3. The van der Waals surface area contributed by atoms with Crippen molar-refractivity contribution >= 4 is 104 Å². The van der Waals surface area contributed by atoms with Crippen LogP contribution in [0.3, 0.4) is 0 Å². The zero-order valence-electron chi connectivity index (χ0n) is 63.6. The number of pyridine rings is 3. The topological polar surface area (TPSA) is 257 Å². The minimum atomic E-state index is -0.694. The van der Waals surface area contributed by atoms with Gasteiger partial charge in [0.1, 0.15) is 53.7 Å². The van der Waals surface area contributed by atoms with Gasteiger partial charge in [-0.2, -0.15) is 0 Å². The van der Waals surface area contributed by atoms with Crippen molar-refractivity contribution in [1.82, 2.24) is 15.0 Å². The van der Waals surface area contributed by atoms with Crippen molar-refractivity contribution in [2.24, 2.45) is 0 Å². The molecule has 21 heteroatoms. The van der Waals surface area contributed by atoms with Crippen LogP contribution in [0.1, 0.15) is 197 Å². The molecule has 0 unspecified atom stereocenters. The SMILES string of the molecule is CC(=O)CC(=O)CC(=O)OC(C)(C)C.CC(C)(C)OC(=O)CC(=O)CC(=O)/C=C/c1c(C2CC2)nc2ccccc2c1-c1ccc(F)cc1.CCO.CCOC(=O)CC(=O)CC(=O)/C=C/c1c(C2CC2)nc2ccccc2c1-c1ccc(F)cc1.O=Cc1c(C2CC2)nc2ccccc2c1-c1ccc(F)cc1.[H-].[Na+]. The molecule has 12 rings (SSSR count). The Bertz CT molecular complexity index is 4850. The van der Waals surface area contributed by atoms with Crippen LogP contribution in [0, 0.1) is 17.5 Å². The van der Waals surface area contributed by atoms with Gasteiger partial charge >= 0.3 is 47.5 Å². The molecule has 0 radical (unpaired) electrons. The van der Waals surface area contributed by atoms with Gasteiger partial charge in [0.15, 0.2) is 35.2 Å². The normalized spacial score (nSPS) is 13.0. The number of fused-ring (bicyclic) bond motifs is 3. The molecule has 0 saturated heterocycles. The molecule has 17 nitrogen and oxygen atoms in total. The Morgan fingerprint density at radius 3 is 1.02 bits per heavy atom. The molecule has 0 atom stereocenters. The smallest absolute Gasteiger partial charge is 1.00 e. The van der Waals surface area contributed by atoms with Gasteiger partial charge in [-0.1, -0.05) is 91.0 Å². The summed E-state index contributed by atoms with van der Waals surface area (Å²) < 4.78 is 55.3. The molecule has 3 aliphatic carbocycles. The number of carbonyl (C=O) groups is 10. The first-order valence-corrected chi connectivity index (χ1v) is 35.6. The van der Waals surface area contributed by atoms with Crippen LogP contribution in [0.5, 0.6) is 0 Å². The first kappa shape index (κ1) is 85.1. The van der Waals surface area contributed by atoms with Crippen LogP contribution in [-0.2, 0) is 57.4 Å². The van der Waals surface area contributed by atoms with E-state index >= 15 is 0 Å². The average molecular weight is 1480 g/mol. The van der Waals surface area contributed by atoms with E-state index < -0.39 is 70.9 Å². The fraction of sp³-hybridized carbons (Fsp3) is 0.322. The maximum Gasteiger partial charge on any atom is 1.00 e. The van der Waals surface area contributed by atoms with E-state index in [1.807, 2.05) is 72.8 Å². The summed E-state index contributed by atoms with van der Waals surface area (Å²) in [5.74, 6) is -4.24. The number of aliphatic hydroxyl groups is 1. The molecule has 1 N–H and O–H groups in total. The van der Waals surface area contributed by atoms with E-state index in [0.29, 0.717) is 23.3 Å². The fourth-order valence-corrected chi connectivity index (χ4v) is 11.8. The molecule has 0 amide bonds. The first-order valence-electron chi connectivity index (χ1n) is 35.6. The van der Waals surface area contributed by atoms with Crippen LogP contribution in [0.15, 0.2) is 158 Å². The van der Waals surface area contributed by atoms with E-state index in [0.717, 1.165) is 139 Å². The summed E-state index contributed by atoms with van der Waals surface area (Å²) in [6.07, 6.45) is 11.1. The average Bonchev–Trinajstić information content (AvgIpc) is 1.47. The maximum absolute atomic E-state index is 13.7. The van der Waals surface area contributed by atoms with Crippen molar-refractivity contribution in [3.8, 4) is 33.4 Å². The van der Waals surface area contributed by atoms with Gasteiger partial charge in [-0.25, -0.2) is 13.2 Å². The number of rotatable bonds is 24. The van der Waals surface area contributed by atoms with Gasteiger partial charge in [0.25, 0.3) is 0 Å². The van der Waals surface area contributed by atoms with Crippen molar-refractivity contribution in [2.75, 3.05) is 13.2 Å². The van der Waals surface area contributed by atoms with Gasteiger partial charge in [-0.15, -0.1) is 0 Å². The summed E-state index contributed by atoms with van der Waals surface area (Å²) in [7, 11) is 0. The molecule has 558 valence electrons. The van der Waals surface area contributed by atoms with Crippen LogP contribution >= 0.6 is 0 Å². The monoisotopic (exact) mass is 1480 g/mol. The molecular formula is C87H89F3N3NaO14. The number of hydrogen-bond acceptors (Lipinski definition) is 17. The quantitative estimate of drug-likeness (QED) is 0.0147. The van der Waals surface area contributed by atoms with Crippen molar-refractivity contribution in [3.63, 3.8) is 0 Å². The maximum atomic E-state index is 13.7. The van der Waals surface area contributed by atoms with Gasteiger partial charge in [0.05, 0.1) is 59.5 Å². The first-order chi connectivity index (χ1) is 51.0. The minimum Gasteiger partial charge on any atom is -1.00 e. The van der Waals surface area contributed by atoms with Gasteiger partial charge in [0, 0.05) is 73.9 Å². The summed E-state index contributed by atoms with van der Waals surface area (Å²) in [6.45, 7) is 15.4. The van der Waals surface area contributed by atoms with Gasteiger partial charge in [-0.3, -0.25) is 62.9 Å². The van der Waals surface area contributed by atoms with E-state index in [4.69, 9.17) is 34.3 Å². The molecule has 108 heavy (non-hydrogen) atoms. The van der Waals surface area contributed by atoms with E-state index in [2.05, 4.69) is 0 Å². The third-order valence-electron chi connectivity index (χ3n) is 16.5. The van der Waals surface area contributed by atoms with Crippen molar-refractivity contribution in [3.05, 3.63) is 209 Å². The molecule has 3 aromatic heterocycles. The number of Topliss-reactive ketones (excluding diaryl/α,β-unsaturated/α-hetero) is 4. The number of aliphatic hydroxyl groups excluding tert-OH is 1. The van der Waals surface area contributed by atoms with E-state index in [1.165, 1.54) is 55.5 Å². The Balaban J connectivity index is 0.000000233. The number of ketones is 6. The second-order valence-electron chi connectivity index (χ2n) is 28.1. The molecule has 3 aliphatic rings. The molecule has 0 spiro atoms. The molecule has 3 fully saturated rings. The summed E-state index contributed by atoms with van der Waals surface area (Å²) >= 11 is 0. The number of aldehydes is 1. The summed E-state index contributed by atoms with van der Waals surface area (Å²) in [4.78, 5) is 132. The van der Waals surface area contributed by atoms with Crippen molar-refractivity contribution < 1.29 is 111 Å². The molecule has 6 aromatic carbocycles. The third-order valence-corrected chi connectivity index (χ3v) is 16.5. The number of para-hydroxylation sites is 3. The number of ether oxygens (including phenoxy) is 3. The Hall–Kier alpha value is -10.1. The molecular weight excluding hydrogens is 1390 g/mol. The van der Waals surface area contributed by atoms with Gasteiger partial charge in [-0.05, 0) is 196 Å². The minimum absolute atomic E-state index is 0.